The van der Waals surface area contributed by atoms with Gasteiger partial charge in [-0.25, -0.2) is 4.79 Å². The summed E-state index contributed by atoms with van der Waals surface area (Å²) >= 11 is 1.24. The normalized spacial score (nSPS) is 10.8. The third kappa shape index (κ3) is 6.48. The quantitative estimate of drug-likeness (QED) is 0.288. The van der Waals surface area contributed by atoms with Crippen LogP contribution < -0.4 is 21.3 Å². The van der Waals surface area contributed by atoms with Gasteiger partial charge in [0.15, 0.2) is 5.16 Å². The lowest BCUT2D eigenvalue weighted by molar-refractivity contribution is -0.118. The molecular formula is C24H24N6O4S. The maximum atomic E-state index is 12.4. The number of nitrogens with zero attached hydrogens (tertiary/aromatic N) is 3. The average Bonchev–Trinajstić information content (AvgIpc) is 3.24. The summed E-state index contributed by atoms with van der Waals surface area (Å²) in [5.41, 5.74) is 1.07. The third-order valence-corrected chi connectivity index (χ3v) is 5.86. The van der Waals surface area contributed by atoms with Crippen molar-refractivity contribution in [3.05, 3.63) is 98.6 Å². The van der Waals surface area contributed by atoms with E-state index in [1.54, 1.807) is 4.57 Å². The molecule has 0 aliphatic rings. The first-order valence-electron chi connectivity index (χ1n) is 11.0. The van der Waals surface area contributed by atoms with E-state index in [0.717, 1.165) is 17.0 Å². The predicted molar refractivity (Wildman–Crippen MR) is 132 cm³/mol. The number of H-pyrrole nitrogens is 2. The van der Waals surface area contributed by atoms with Crippen LogP contribution in [-0.4, -0.2) is 43.0 Å². The monoisotopic (exact) mass is 492 g/mol. The van der Waals surface area contributed by atoms with Crippen LogP contribution in [0.5, 0.6) is 5.75 Å². The molecule has 0 spiro atoms. The standard InChI is InChI=1S/C24H24N6O4S/c1-2-34-19-10-8-18(9-11-19)30-20(12-17-13-21(31)27-23(33)26-17)28-29-24(30)35-15-22(32)25-14-16-6-4-3-5-7-16/h3-11,13H,2,12,14-15H2,1H3,(H,25,32)(H2,26,27,31,33). The van der Waals surface area contributed by atoms with Gasteiger partial charge in [0.05, 0.1) is 12.4 Å². The highest BCUT2D eigenvalue weighted by molar-refractivity contribution is 7.99. The Morgan fingerprint density at radius 3 is 2.54 bits per heavy atom. The molecule has 0 saturated carbocycles. The fraction of sp³-hybridized carbons (Fsp3) is 0.208. The number of carbonyl (C=O) groups is 1. The van der Waals surface area contributed by atoms with Gasteiger partial charge in [0.1, 0.15) is 11.6 Å². The molecule has 0 bridgehead atoms. The van der Waals surface area contributed by atoms with Gasteiger partial charge in [-0.1, -0.05) is 42.1 Å². The van der Waals surface area contributed by atoms with Gasteiger partial charge in [-0.15, -0.1) is 10.2 Å². The third-order valence-electron chi connectivity index (χ3n) is 4.94. The maximum Gasteiger partial charge on any atom is 0.325 e. The van der Waals surface area contributed by atoms with Gasteiger partial charge < -0.3 is 15.0 Å². The summed E-state index contributed by atoms with van der Waals surface area (Å²) in [4.78, 5) is 40.6. The molecule has 4 aromatic rings. The first-order chi connectivity index (χ1) is 17.0. The maximum absolute atomic E-state index is 12.4. The molecule has 0 atom stereocenters. The molecular weight excluding hydrogens is 468 g/mol. The molecule has 4 rings (SSSR count). The lowest BCUT2D eigenvalue weighted by Crippen LogP contribution is -2.24. The Labute approximate surface area is 204 Å². The number of aromatic nitrogens is 5. The molecule has 0 aliphatic heterocycles. The van der Waals surface area contributed by atoms with Crippen molar-refractivity contribution in [1.82, 2.24) is 30.0 Å². The molecule has 1 amide bonds. The highest BCUT2D eigenvalue weighted by Crippen LogP contribution is 2.24. The van der Waals surface area contributed by atoms with E-state index in [9.17, 15) is 14.4 Å². The van der Waals surface area contributed by atoms with Gasteiger partial charge in [0.25, 0.3) is 5.56 Å². The van der Waals surface area contributed by atoms with Crippen molar-refractivity contribution < 1.29 is 9.53 Å². The second-order valence-electron chi connectivity index (χ2n) is 7.50. The van der Waals surface area contributed by atoms with E-state index in [2.05, 4.69) is 25.5 Å². The second-order valence-corrected chi connectivity index (χ2v) is 8.44. The van der Waals surface area contributed by atoms with E-state index in [1.165, 1.54) is 17.8 Å². The molecule has 0 radical (unpaired) electrons. The van der Waals surface area contributed by atoms with E-state index < -0.39 is 11.2 Å². The van der Waals surface area contributed by atoms with Gasteiger partial charge in [-0.3, -0.25) is 19.1 Å². The van der Waals surface area contributed by atoms with Crippen LogP contribution in [-0.2, 0) is 17.8 Å². The lowest BCUT2D eigenvalue weighted by atomic mass is 10.2. The van der Waals surface area contributed by atoms with Gasteiger partial charge >= 0.3 is 5.69 Å². The predicted octanol–water partition coefficient (Wildman–Crippen LogP) is 2.04. The molecule has 0 aliphatic carbocycles. The topological polar surface area (TPSA) is 135 Å². The summed E-state index contributed by atoms with van der Waals surface area (Å²) in [6.07, 6.45) is 0.167. The minimum absolute atomic E-state index is 0.138. The van der Waals surface area contributed by atoms with Crippen LogP contribution in [0.2, 0.25) is 0 Å². The van der Waals surface area contributed by atoms with Gasteiger partial charge in [0, 0.05) is 30.4 Å². The zero-order valence-electron chi connectivity index (χ0n) is 19.0. The zero-order chi connectivity index (χ0) is 24.6. The molecule has 0 unspecified atom stereocenters. The molecule has 3 N–H and O–H groups in total. The molecule has 2 heterocycles. The number of rotatable bonds is 10. The molecule has 0 fully saturated rings. The van der Waals surface area contributed by atoms with Gasteiger partial charge in [-0.2, -0.15) is 0 Å². The summed E-state index contributed by atoms with van der Waals surface area (Å²) < 4.78 is 7.32. The molecule has 0 saturated heterocycles. The summed E-state index contributed by atoms with van der Waals surface area (Å²) in [5, 5.41) is 11.9. The summed E-state index contributed by atoms with van der Waals surface area (Å²) in [6.45, 7) is 2.89. The van der Waals surface area contributed by atoms with Crippen LogP contribution in [0.3, 0.4) is 0 Å². The van der Waals surface area contributed by atoms with Gasteiger partial charge in [0.2, 0.25) is 5.91 Å². The number of aromatic amines is 2. The van der Waals surface area contributed by atoms with Crippen LogP contribution >= 0.6 is 11.8 Å². The number of thioether (sulfide) groups is 1. The molecule has 2 aromatic heterocycles. The van der Waals surface area contributed by atoms with Crippen molar-refractivity contribution in [2.45, 2.75) is 25.0 Å². The Balaban J connectivity index is 1.55. The van der Waals surface area contributed by atoms with Crippen molar-refractivity contribution >= 4 is 17.7 Å². The smallest absolute Gasteiger partial charge is 0.325 e. The average molecular weight is 493 g/mol. The number of hydrogen-bond acceptors (Lipinski definition) is 7. The SMILES string of the molecule is CCOc1ccc(-n2c(Cc3cc(=O)[nH]c(=O)[nH]3)nnc2SCC(=O)NCc2ccccc2)cc1. The van der Waals surface area contributed by atoms with E-state index in [-0.39, 0.29) is 18.1 Å². The van der Waals surface area contributed by atoms with Crippen molar-refractivity contribution in [3.8, 4) is 11.4 Å². The molecule has 180 valence electrons. The summed E-state index contributed by atoms with van der Waals surface area (Å²) in [7, 11) is 0. The number of ether oxygens (including phenoxy) is 1. The van der Waals surface area contributed by atoms with Crippen LogP contribution in [0.25, 0.3) is 5.69 Å². The van der Waals surface area contributed by atoms with Crippen LogP contribution in [0.15, 0.2) is 75.4 Å². The van der Waals surface area contributed by atoms with Crippen LogP contribution in [0, 0.1) is 0 Å². The highest BCUT2D eigenvalue weighted by Gasteiger charge is 2.17. The summed E-state index contributed by atoms with van der Waals surface area (Å²) in [6, 6.07) is 18.3. The van der Waals surface area contributed by atoms with E-state index >= 15 is 0 Å². The first kappa shape index (κ1) is 24.0. The lowest BCUT2D eigenvalue weighted by Gasteiger charge is -2.11. The Hall–Kier alpha value is -4.12. The number of nitrogens with one attached hydrogen (secondary N) is 3. The molecule has 10 nitrogen and oxygen atoms in total. The Kier molecular flexibility index (Phi) is 7.78. The highest BCUT2D eigenvalue weighted by atomic mass is 32.2. The molecule has 11 heteroatoms. The number of hydrogen-bond donors (Lipinski definition) is 3. The summed E-state index contributed by atoms with van der Waals surface area (Å²) in [5.74, 6) is 1.23. The minimum Gasteiger partial charge on any atom is -0.494 e. The van der Waals surface area contributed by atoms with Gasteiger partial charge in [-0.05, 0) is 36.8 Å². The van der Waals surface area contributed by atoms with Crippen LogP contribution in [0.1, 0.15) is 24.0 Å². The fourth-order valence-electron chi connectivity index (χ4n) is 3.39. The number of benzene rings is 2. The Morgan fingerprint density at radius 1 is 1.06 bits per heavy atom. The largest absolute Gasteiger partial charge is 0.494 e. The van der Waals surface area contributed by atoms with E-state index in [4.69, 9.17) is 4.74 Å². The van der Waals surface area contributed by atoms with E-state index in [1.807, 2.05) is 61.5 Å². The van der Waals surface area contributed by atoms with Crippen molar-refractivity contribution in [2.24, 2.45) is 0 Å². The first-order valence-corrected chi connectivity index (χ1v) is 11.9. The second kappa shape index (κ2) is 11.3. The van der Waals surface area contributed by atoms with Crippen molar-refractivity contribution in [2.75, 3.05) is 12.4 Å². The Morgan fingerprint density at radius 2 is 1.83 bits per heavy atom. The fourth-order valence-corrected chi connectivity index (χ4v) is 4.19. The Bertz CT molecular complexity index is 1370. The van der Waals surface area contributed by atoms with Crippen LogP contribution in [0.4, 0.5) is 0 Å². The molecule has 35 heavy (non-hydrogen) atoms. The van der Waals surface area contributed by atoms with Crippen molar-refractivity contribution in [1.29, 1.82) is 0 Å². The van der Waals surface area contributed by atoms with E-state index in [0.29, 0.717) is 29.8 Å². The zero-order valence-corrected chi connectivity index (χ0v) is 19.8. The van der Waals surface area contributed by atoms with Crippen molar-refractivity contribution in [3.63, 3.8) is 0 Å². The molecule has 2 aromatic carbocycles. The number of carbonyl (C=O) groups excluding carboxylic acids is 1. The minimum atomic E-state index is -0.593. The number of amides is 1.